The summed E-state index contributed by atoms with van der Waals surface area (Å²) >= 11 is 1.36. The molecule has 4 aromatic carbocycles. The van der Waals surface area contributed by atoms with Crippen molar-refractivity contribution in [2.45, 2.75) is 36.8 Å². The number of ether oxygens (including phenoxy) is 3. The number of anilines is 2. The van der Waals surface area contributed by atoms with Crippen LogP contribution in [0.4, 0.5) is 11.4 Å². The maximum Gasteiger partial charge on any atom is 0.272 e. The lowest BCUT2D eigenvalue weighted by Crippen LogP contribution is -2.30. The van der Waals surface area contributed by atoms with Gasteiger partial charge in [-0.1, -0.05) is 50.2 Å². The largest absolute Gasteiger partial charge is 0.496 e. The molecule has 10 heteroatoms. The van der Waals surface area contributed by atoms with Crippen molar-refractivity contribution in [3.05, 3.63) is 113 Å². The molecule has 3 N–H and O–H groups in total. The summed E-state index contributed by atoms with van der Waals surface area (Å²) in [7, 11) is 4.51. The highest BCUT2D eigenvalue weighted by Gasteiger charge is 2.19. The van der Waals surface area contributed by atoms with Gasteiger partial charge in [0.25, 0.3) is 11.8 Å². The van der Waals surface area contributed by atoms with Crippen molar-refractivity contribution in [1.29, 1.82) is 0 Å². The molecule has 0 saturated heterocycles. The van der Waals surface area contributed by atoms with Gasteiger partial charge in [0, 0.05) is 33.5 Å². The van der Waals surface area contributed by atoms with E-state index in [1.54, 1.807) is 60.7 Å². The quantitative estimate of drug-likeness (QED) is 0.102. The number of benzene rings is 4. The van der Waals surface area contributed by atoms with Gasteiger partial charge < -0.3 is 30.2 Å². The zero-order valence-corrected chi connectivity index (χ0v) is 28.1. The van der Waals surface area contributed by atoms with E-state index < -0.39 is 17.1 Å². The molecule has 47 heavy (non-hydrogen) atoms. The molecule has 0 heterocycles. The Morgan fingerprint density at radius 1 is 0.702 bits per heavy atom. The summed E-state index contributed by atoms with van der Waals surface area (Å²) in [6.07, 6.45) is 1.51. The van der Waals surface area contributed by atoms with Crippen molar-refractivity contribution in [2.75, 3.05) is 32.0 Å². The molecule has 1 atom stereocenters. The van der Waals surface area contributed by atoms with Crippen molar-refractivity contribution >= 4 is 46.9 Å². The molecule has 0 aromatic heterocycles. The van der Waals surface area contributed by atoms with Gasteiger partial charge in [0.1, 0.15) is 11.4 Å². The summed E-state index contributed by atoms with van der Waals surface area (Å²) in [6.45, 7) is 6.07. The van der Waals surface area contributed by atoms with Gasteiger partial charge in [-0.15, -0.1) is 11.8 Å². The second-order valence-corrected chi connectivity index (χ2v) is 12.2. The second kappa shape index (κ2) is 16.4. The maximum atomic E-state index is 13.7. The first-order valence-electron chi connectivity index (χ1n) is 15.0. The van der Waals surface area contributed by atoms with Crippen molar-refractivity contribution in [1.82, 2.24) is 5.32 Å². The predicted octanol–water partition coefficient (Wildman–Crippen LogP) is 7.36. The number of hydrogen-bond acceptors (Lipinski definition) is 7. The standard InChI is InChI=1S/C37H39N3O6S/c1-23(2)25-15-17-28(18-16-25)38-35(41)24(3)47-30-14-10-13-29(21-30)39-37(43)31(40-36(42)26-11-8-7-9-12-26)19-27-20-33(45-5)34(46-6)22-32(27)44-4/h7-24H,1-6H3,(H,38,41)(H,39,43)(H,40,42)/b31-19+. The van der Waals surface area contributed by atoms with Crippen LogP contribution >= 0.6 is 11.8 Å². The van der Waals surface area contributed by atoms with Crippen molar-refractivity contribution in [2.24, 2.45) is 0 Å². The first kappa shape index (κ1) is 34.6. The van der Waals surface area contributed by atoms with Crippen LogP contribution in [0.2, 0.25) is 0 Å². The third-order valence-electron chi connectivity index (χ3n) is 7.18. The number of methoxy groups -OCH3 is 3. The molecule has 0 spiro atoms. The van der Waals surface area contributed by atoms with Gasteiger partial charge in [0.2, 0.25) is 5.91 Å². The Bertz CT molecular complexity index is 1740. The predicted molar refractivity (Wildman–Crippen MR) is 188 cm³/mol. The van der Waals surface area contributed by atoms with Crippen molar-refractivity contribution in [3.63, 3.8) is 0 Å². The Balaban J connectivity index is 1.55. The number of thioether (sulfide) groups is 1. The molecule has 1 unspecified atom stereocenters. The topological polar surface area (TPSA) is 115 Å². The number of carbonyl (C=O) groups excluding carboxylic acids is 3. The summed E-state index contributed by atoms with van der Waals surface area (Å²) < 4.78 is 16.4. The van der Waals surface area contributed by atoms with E-state index in [-0.39, 0.29) is 11.6 Å². The fourth-order valence-corrected chi connectivity index (χ4v) is 5.49. The molecule has 244 valence electrons. The zero-order chi connectivity index (χ0) is 33.9. The molecule has 4 rings (SSSR count). The molecule has 0 bridgehead atoms. The van der Waals surface area contributed by atoms with E-state index in [2.05, 4.69) is 29.8 Å². The van der Waals surface area contributed by atoms with E-state index in [1.165, 1.54) is 44.7 Å². The van der Waals surface area contributed by atoms with E-state index >= 15 is 0 Å². The molecule has 4 aromatic rings. The summed E-state index contributed by atoms with van der Waals surface area (Å²) in [5.74, 6) is 0.509. The third-order valence-corrected chi connectivity index (χ3v) is 8.28. The Kier molecular flexibility index (Phi) is 12.1. The van der Waals surface area contributed by atoms with Crippen LogP contribution in [-0.4, -0.2) is 44.3 Å². The molecule has 0 aliphatic carbocycles. The minimum Gasteiger partial charge on any atom is -0.496 e. The monoisotopic (exact) mass is 653 g/mol. The van der Waals surface area contributed by atoms with Crippen LogP contribution in [0.15, 0.2) is 102 Å². The van der Waals surface area contributed by atoms with Gasteiger partial charge in [-0.2, -0.15) is 0 Å². The number of amides is 3. The molecule has 0 aliphatic rings. The lowest BCUT2D eigenvalue weighted by molar-refractivity contribution is -0.115. The van der Waals surface area contributed by atoms with Crippen LogP contribution in [0.1, 0.15) is 48.2 Å². The van der Waals surface area contributed by atoms with Crippen LogP contribution in [0.25, 0.3) is 6.08 Å². The minimum atomic E-state index is -0.566. The summed E-state index contributed by atoms with van der Waals surface area (Å²) in [4.78, 5) is 40.6. The van der Waals surface area contributed by atoms with Gasteiger partial charge in [-0.25, -0.2) is 0 Å². The van der Waals surface area contributed by atoms with E-state index in [0.717, 1.165) is 10.6 Å². The fraction of sp³-hybridized carbons (Fsp3) is 0.216. The molecular formula is C37H39N3O6S. The van der Waals surface area contributed by atoms with Crippen molar-refractivity contribution < 1.29 is 28.6 Å². The highest BCUT2D eigenvalue weighted by Crippen LogP contribution is 2.36. The Hall–Kier alpha value is -5.22. The summed E-state index contributed by atoms with van der Waals surface area (Å²) in [5.41, 5.74) is 3.24. The number of carbonyl (C=O) groups is 3. The number of rotatable bonds is 13. The third kappa shape index (κ3) is 9.40. The molecule has 0 saturated carbocycles. The fourth-order valence-electron chi connectivity index (χ4n) is 4.56. The highest BCUT2D eigenvalue weighted by molar-refractivity contribution is 8.00. The van der Waals surface area contributed by atoms with Gasteiger partial charge in [0.15, 0.2) is 11.5 Å². The van der Waals surface area contributed by atoms with E-state index in [9.17, 15) is 14.4 Å². The first-order chi connectivity index (χ1) is 22.6. The Morgan fingerprint density at radius 3 is 2.00 bits per heavy atom. The van der Waals surface area contributed by atoms with Gasteiger partial charge in [-0.05, 0) is 73.0 Å². The van der Waals surface area contributed by atoms with Crippen LogP contribution in [0, 0.1) is 0 Å². The molecule has 0 aliphatic heterocycles. The maximum absolute atomic E-state index is 13.7. The van der Waals surface area contributed by atoms with E-state index in [0.29, 0.717) is 40.0 Å². The number of hydrogen-bond donors (Lipinski definition) is 3. The van der Waals surface area contributed by atoms with Gasteiger partial charge >= 0.3 is 0 Å². The average molecular weight is 654 g/mol. The normalized spacial score (nSPS) is 11.8. The van der Waals surface area contributed by atoms with Gasteiger partial charge in [-0.3, -0.25) is 14.4 Å². The molecule has 0 fully saturated rings. The smallest absolute Gasteiger partial charge is 0.272 e. The van der Waals surface area contributed by atoms with Crippen LogP contribution in [-0.2, 0) is 9.59 Å². The number of nitrogens with one attached hydrogen (secondary N) is 3. The minimum absolute atomic E-state index is 0.0290. The summed E-state index contributed by atoms with van der Waals surface area (Å²) in [5, 5.41) is 8.16. The lowest BCUT2D eigenvalue weighted by Gasteiger charge is -2.15. The highest BCUT2D eigenvalue weighted by atomic mass is 32.2. The lowest BCUT2D eigenvalue weighted by atomic mass is 10.0. The van der Waals surface area contributed by atoms with Crippen molar-refractivity contribution in [3.8, 4) is 17.2 Å². The Labute approximate surface area is 279 Å². The molecule has 3 amide bonds. The average Bonchev–Trinajstić information content (AvgIpc) is 3.08. The van der Waals surface area contributed by atoms with Crippen LogP contribution in [0.5, 0.6) is 17.2 Å². The molecule has 9 nitrogen and oxygen atoms in total. The van der Waals surface area contributed by atoms with Crippen LogP contribution in [0.3, 0.4) is 0 Å². The second-order valence-electron chi connectivity index (χ2n) is 10.8. The van der Waals surface area contributed by atoms with E-state index in [1.807, 2.05) is 37.3 Å². The molecular weight excluding hydrogens is 614 g/mol. The zero-order valence-electron chi connectivity index (χ0n) is 27.3. The summed E-state index contributed by atoms with van der Waals surface area (Å²) in [6, 6.07) is 26.9. The first-order valence-corrected chi connectivity index (χ1v) is 15.9. The molecule has 0 radical (unpaired) electrons. The van der Waals surface area contributed by atoms with Crippen LogP contribution < -0.4 is 30.2 Å². The SMILES string of the molecule is COc1cc(OC)c(OC)cc1/C=C(/NC(=O)c1ccccc1)C(=O)Nc1cccc(SC(C)C(=O)Nc2ccc(C(C)C)cc2)c1. The Morgan fingerprint density at radius 2 is 1.36 bits per heavy atom. The van der Waals surface area contributed by atoms with E-state index in [4.69, 9.17) is 14.2 Å². The van der Waals surface area contributed by atoms with Gasteiger partial charge in [0.05, 0.1) is 26.6 Å².